The molecule has 0 spiro atoms. The Bertz CT molecular complexity index is 579. The quantitative estimate of drug-likeness (QED) is 0.861. The fourth-order valence-corrected chi connectivity index (χ4v) is 2.35. The molecule has 98 valence electrons. The third kappa shape index (κ3) is 2.48. The fraction of sp³-hybridized carbons (Fsp3) is 0.417. The van der Waals surface area contributed by atoms with Gasteiger partial charge in [0.2, 0.25) is 10.0 Å². The Labute approximate surface area is 107 Å². The predicted molar refractivity (Wildman–Crippen MR) is 70.2 cm³/mol. The lowest BCUT2D eigenvalue weighted by molar-refractivity contribution is 0.0981. The van der Waals surface area contributed by atoms with Gasteiger partial charge in [-0.1, -0.05) is 6.07 Å². The van der Waals surface area contributed by atoms with Crippen molar-refractivity contribution in [1.29, 1.82) is 0 Å². The monoisotopic (exact) mass is 268 g/mol. The van der Waals surface area contributed by atoms with E-state index in [1.165, 1.54) is 13.8 Å². The van der Waals surface area contributed by atoms with Crippen molar-refractivity contribution >= 4 is 21.6 Å². The Balaban J connectivity index is 2.20. The Kier molecular flexibility index (Phi) is 3.30. The third-order valence-electron chi connectivity index (χ3n) is 2.94. The molecule has 18 heavy (non-hydrogen) atoms. The molecule has 1 heterocycles. The highest BCUT2D eigenvalue weighted by Crippen LogP contribution is 2.23. The molecule has 6 heteroatoms. The summed E-state index contributed by atoms with van der Waals surface area (Å²) in [5, 5.41) is 2.52. The van der Waals surface area contributed by atoms with Gasteiger partial charge >= 0.3 is 0 Å². The molecule has 2 N–H and O–H groups in total. The number of nitrogens with one attached hydrogen (secondary N) is 2. The molecule has 0 unspecified atom stereocenters. The molecule has 0 radical (unpaired) electrons. The summed E-state index contributed by atoms with van der Waals surface area (Å²) >= 11 is 0. The number of carbonyl (C=O) groups is 1. The molecule has 1 aromatic carbocycles. The Morgan fingerprint density at radius 1 is 1.39 bits per heavy atom. The largest absolute Gasteiger partial charge is 0.384 e. The Morgan fingerprint density at radius 3 is 2.78 bits per heavy atom. The minimum atomic E-state index is -3.58. The third-order valence-corrected chi connectivity index (χ3v) is 4.65. The van der Waals surface area contributed by atoms with Crippen LogP contribution in [0.3, 0.4) is 0 Å². The maximum atomic E-state index is 11.8. The molecule has 0 aromatic heterocycles. The first-order chi connectivity index (χ1) is 8.40. The van der Waals surface area contributed by atoms with E-state index in [4.69, 9.17) is 0 Å². The summed E-state index contributed by atoms with van der Waals surface area (Å²) in [6, 6.07) is 5.19. The lowest BCUT2D eigenvalue weighted by Crippen LogP contribution is -2.35. The second kappa shape index (κ2) is 4.61. The van der Waals surface area contributed by atoms with Gasteiger partial charge in [-0.05, 0) is 38.0 Å². The van der Waals surface area contributed by atoms with E-state index >= 15 is 0 Å². The minimum Gasteiger partial charge on any atom is -0.384 e. The molecule has 5 nitrogen and oxygen atoms in total. The number of rotatable bonds is 3. The predicted octanol–water partition coefficient (Wildman–Crippen LogP) is 1.12. The molecule has 0 fully saturated rings. The molecule has 0 aliphatic carbocycles. The highest BCUT2D eigenvalue weighted by atomic mass is 32.2. The first-order valence-electron chi connectivity index (χ1n) is 5.83. The van der Waals surface area contributed by atoms with Crippen molar-refractivity contribution in [2.45, 2.75) is 25.5 Å². The van der Waals surface area contributed by atoms with Gasteiger partial charge in [-0.15, -0.1) is 0 Å². The van der Waals surface area contributed by atoms with Gasteiger partial charge in [-0.3, -0.25) is 4.79 Å². The number of hydrogen-bond acceptors (Lipinski definition) is 4. The minimum absolute atomic E-state index is 0.354. The first-order valence-corrected chi connectivity index (χ1v) is 7.37. The zero-order valence-electron chi connectivity index (χ0n) is 10.4. The summed E-state index contributed by atoms with van der Waals surface area (Å²) in [5.74, 6) is -0.583. The molecule has 0 bridgehead atoms. The van der Waals surface area contributed by atoms with Crippen LogP contribution in [0.25, 0.3) is 0 Å². The average Bonchev–Trinajstić information content (AvgIpc) is 2.74. The summed E-state index contributed by atoms with van der Waals surface area (Å²) < 4.78 is 25.3. The molecule has 1 aliphatic heterocycles. The van der Waals surface area contributed by atoms with Gasteiger partial charge in [-0.25, -0.2) is 13.1 Å². The molecule has 1 aromatic rings. The van der Waals surface area contributed by atoms with Crippen LogP contribution in [0.5, 0.6) is 0 Å². The van der Waals surface area contributed by atoms with Crippen LogP contribution in [0.1, 0.15) is 29.8 Å². The van der Waals surface area contributed by atoms with Crippen molar-refractivity contribution in [1.82, 2.24) is 4.72 Å². The van der Waals surface area contributed by atoms with E-state index in [1.54, 1.807) is 12.1 Å². The lowest BCUT2D eigenvalue weighted by atomic mass is 10.1. The van der Waals surface area contributed by atoms with Crippen molar-refractivity contribution < 1.29 is 13.2 Å². The Hall–Kier alpha value is -1.56. The van der Waals surface area contributed by atoms with Crippen molar-refractivity contribution in [3.63, 3.8) is 0 Å². The number of benzene rings is 1. The summed E-state index contributed by atoms with van der Waals surface area (Å²) in [5.41, 5.74) is 2.41. The van der Waals surface area contributed by atoms with E-state index < -0.39 is 21.2 Å². The fourth-order valence-electron chi connectivity index (χ4n) is 1.74. The van der Waals surface area contributed by atoms with E-state index in [1.807, 2.05) is 6.07 Å². The zero-order valence-corrected chi connectivity index (χ0v) is 11.2. The van der Waals surface area contributed by atoms with Gasteiger partial charge in [0, 0.05) is 17.8 Å². The van der Waals surface area contributed by atoms with E-state index in [0.717, 1.165) is 24.2 Å². The molecule has 2 rings (SSSR count). The van der Waals surface area contributed by atoms with Gasteiger partial charge in [0.15, 0.2) is 0 Å². The van der Waals surface area contributed by atoms with Gasteiger partial charge in [-0.2, -0.15) is 0 Å². The van der Waals surface area contributed by atoms with E-state index in [-0.39, 0.29) is 0 Å². The van der Waals surface area contributed by atoms with Crippen LogP contribution in [0.2, 0.25) is 0 Å². The number of sulfonamides is 1. The van der Waals surface area contributed by atoms with Crippen LogP contribution in [0.15, 0.2) is 18.2 Å². The van der Waals surface area contributed by atoms with Gasteiger partial charge in [0.05, 0.1) is 5.25 Å². The molecule has 1 amide bonds. The van der Waals surface area contributed by atoms with Crippen LogP contribution in [0.4, 0.5) is 5.69 Å². The van der Waals surface area contributed by atoms with Crippen LogP contribution < -0.4 is 10.0 Å². The maximum Gasteiger partial charge on any atom is 0.264 e. The van der Waals surface area contributed by atoms with Gasteiger partial charge in [0.1, 0.15) is 0 Å². The molecule has 0 saturated heterocycles. The van der Waals surface area contributed by atoms with Gasteiger partial charge in [0.25, 0.3) is 5.91 Å². The highest BCUT2D eigenvalue weighted by molar-refractivity contribution is 7.90. The summed E-state index contributed by atoms with van der Waals surface area (Å²) in [7, 11) is -3.58. The molecular formula is C12H16N2O3S. The van der Waals surface area contributed by atoms with Crippen molar-refractivity contribution in [3.8, 4) is 0 Å². The summed E-state index contributed by atoms with van der Waals surface area (Å²) in [4.78, 5) is 11.8. The van der Waals surface area contributed by atoms with Crippen molar-refractivity contribution in [2.75, 3.05) is 11.9 Å². The first kappa shape index (κ1) is 12.9. The van der Waals surface area contributed by atoms with E-state index in [9.17, 15) is 13.2 Å². The Morgan fingerprint density at radius 2 is 2.11 bits per heavy atom. The molecule has 0 saturated carbocycles. The smallest absolute Gasteiger partial charge is 0.264 e. The topological polar surface area (TPSA) is 75.3 Å². The van der Waals surface area contributed by atoms with E-state index in [0.29, 0.717) is 5.56 Å². The number of fused-ring (bicyclic) bond motifs is 1. The van der Waals surface area contributed by atoms with Gasteiger partial charge < -0.3 is 5.32 Å². The summed E-state index contributed by atoms with van der Waals surface area (Å²) in [6.07, 6.45) is 0.932. The highest BCUT2D eigenvalue weighted by Gasteiger charge is 2.21. The SMILES string of the molecule is CC(C)S(=O)(=O)NC(=O)c1ccc2c(c1)NCC2. The number of hydrogen-bond donors (Lipinski definition) is 2. The lowest BCUT2D eigenvalue weighted by Gasteiger charge is -2.10. The van der Waals surface area contributed by atoms with Crippen LogP contribution >= 0.6 is 0 Å². The molecular weight excluding hydrogens is 252 g/mol. The van der Waals surface area contributed by atoms with E-state index in [2.05, 4.69) is 10.0 Å². The number of amides is 1. The number of anilines is 1. The van der Waals surface area contributed by atoms with Crippen LogP contribution in [-0.4, -0.2) is 26.1 Å². The molecule has 1 aliphatic rings. The van der Waals surface area contributed by atoms with Crippen LogP contribution in [0, 0.1) is 0 Å². The van der Waals surface area contributed by atoms with Crippen molar-refractivity contribution in [2.24, 2.45) is 0 Å². The number of carbonyl (C=O) groups excluding carboxylic acids is 1. The standard InChI is InChI=1S/C12H16N2O3S/c1-8(2)18(16,17)14-12(15)10-4-3-9-5-6-13-11(9)7-10/h3-4,7-8,13H,5-6H2,1-2H3,(H,14,15). The van der Waals surface area contributed by atoms with Crippen LogP contribution in [-0.2, 0) is 16.4 Å². The summed E-state index contributed by atoms with van der Waals surface area (Å²) in [6.45, 7) is 3.91. The normalized spacial score (nSPS) is 14.2. The average molecular weight is 268 g/mol. The second-order valence-electron chi connectivity index (χ2n) is 4.57. The maximum absolute atomic E-state index is 11.8. The molecule has 0 atom stereocenters. The zero-order chi connectivity index (χ0) is 13.3. The van der Waals surface area contributed by atoms with Crippen molar-refractivity contribution in [3.05, 3.63) is 29.3 Å². The second-order valence-corrected chi connectivity index (χ2v) is 6.81.